The molecule has 0 heterocycles. The third-order valence-electron chi connectivity index (χ3n) is 3.08. The fourth-order valence-corrected chi connectivity index (χ4v) is 1.96. The van der Waals surface area contributed by atoms with Crippen LogP contribution in [0.15, 0.2) is 12.2 Å². The zero-order valence-corrected chi connectivity index (χ0v) is 11.3. The maximum atomic E-state index is 4.17. The Hall–Kier alpha value is -0.260. The van der Waals surface area contributed by atoms with E-state index in [4.69, 9.17) is 0 Å². The number of rotatable bonds is 9. The SMILES string of the molecule is C=C(CCCC(C)CCC)CCC(C)C. The summed E-state index contributed by atoms with van der Waals surface area (Å²) in [6.07, 6.45) is 9.24. The zero-order chi connectivity index (χ0) is 11.7. The largest absolute Gasteiger partial charge is 0.0999 e. The number of hydrogen-bond donors (Lipinski definition) is 0. The summed E-state index contributed by atoms with van der Waals surface area (Å²) in [4.78, 5) is 0. The van der Waals surface area contributed by atoms with Crippen LogP contribution in [-0.4, -0.2) is 0 Å². The molecular weight excluding hydrogens is 180 g/mol. The molecule has 0 nitrogen and oxygen atoms in total. The van der Waals surface area contributed by atoms with Crippen LogP contribution in [0.5, 0.6) is 0 Å². The maximum Gasteiger partial charge on any atom is -0.0321 e. The molecule has 0 heteroatoms. The van der Waals surface area contributed by atoms with E-state index >= 15 is 0 Å². The molecule has 0 aliphatic heterocycles. The summed E-state index contributed by atoms with van der Waals surface area (Å²) in [5, 5.41) is 0. The predicted molar refractivity (Wildman–Crippen MR) is 71.1 cm³/mol. The average molecular weight is 210 g/mol. The Morgan fingerprint density at radius 3 is 2.20 bits per heavy atom. The minimum Gasteiger partial charge on any atom is -0.0999 e. The van der Waals surface area contributed by atoms with E-state index in [-0.39, 0.29) is 0 Å². The van der Waals surface area contributed by atoms with Gasteiger partial charge in [-0.15, -0.1) is 0 Å². The molecule has 0 fully saturated rings. The molecule has 0 aromatic carbocycles. The molecule has 0 bridgehead atoms. The van der Waals surface area contributed by atoms with Crippen LogP contribution in [0.3, 0.4) is 0 Å². The molecule has 0 N–H and O–H groups in total. The minimum absolute atomic E-state index is 0.820. The minimum atomic E-state index is 0.820. The van der Waals surface area contributed by atoms with Crippen LogP contribution in [-0.2, 0) is 0 Å². The second-order valence-corrected chi connectivity index (χ2v) is 5.47. The molecule has 1 atom stereocenters. The molecule has 0 spiro atoms. The van der Waals surface area contributed by atoms with Crippen molar-refractivity contribution < 1.29 is 0 Å². The van der Waals surface area contributed by atoms with Gasteiger partial charge in [-0.1, -0.05) is 59.1 Å². The van der Waals surface area contributed by atoms with Gasteiger partial charge in [0.15, 0.2) is 0 Å². The van der Waals surface area contributed by atoms with Crippen LogP contribution in [0.25, 0.3) is 0 Å². The van der Waals surface area contributed by atoms with Crippen molar-refractivity contribution >= 4 is 0 Å². The summed E-state index contributed by atoms with van der Waals surface area (Å²) in [5.41, 5.74) is 1.47. The smallest absolute Gasteiger partial charge is 0.0321 e. The lowest BCUT2D eigenvalue weighted by molar-refractivity contribution is 0.465. The first-order valence-corrected chi connectivity index (χ1v) is 6.72. The van der Waals surface area contributed by atoms with Crippen molar-refractivity contribution in [2.75, 3.05) is 0 Å². The van der Waals surface area contributed by atoms with Crippen LogP contribution in [0.2, 0.25) is 0 Å². The zero-order valence-electron chi connectivity index (χ0n) is 11.3. The summed E-state index contributed by atoms with van der Waals surface area (Å²) in [6.45, 7) is 13.4. The summed E-state index contributed by atoms with van der Waals surface area (Å²) in [6, 6.07) is 0. The topological polar surface area (TPSA) is 0 Å². The number of allylic oxidation sites excluding steroid dienone is 1. The van der Waals surface area contributed by atoms with Gasteiger partial charge in [0.1, 0.15) is 0 Å². The summed E-state index contributed by atoms with van der Waals surface area (Å²) >= 11 is 0. The highest BCUT2D eigenvalue weighted by molar-refractivity contribution is 4.93. The van der Waals surface area contributed by atoms with Gasteiger partial charge in [0, 0.05) is 0 Å². The van der Waals surface area contributed by atoms with Gasteiger partial charge >= 0.3 is 0 Å². The van der Waals surface area contributed by atoms with Gasteiger partial charge in [0.2, 0.25) is 0 Å². The van der Waals surface area contributed by atoms with Gasteiger partial charge in [0.25, 0.3) is 0 Å². The fourth-order valence-electron chi connectivity index (χ4n) is 1.96. The van der Waals surface area contributed by atoms with Crippen molar-refractivity contribution in [2.45, 2.75) is 72.6 Å². The second kappa shape index (κ2) is 9.00. The Morgan fingerprint density at radius 1 is 1.00 bits per heavy atom. The van der Waals surface area contributed by atoms with E-state index in [2.05, 4.69) is 34.3 Å². The second-order valence-electron chi connectivity index (χ2n) is 5.47. The highest BCUT2D eigenvalue weighted by Gasteiger charge is 2.02. The molecule has 1 unspecified atom stereocenters. The standard InChI is InChI=1S/C15H30/c1-6-8-14(4)9-7-10-15(5)12-11-13(2)3/h13-14H,5-12H2,1-4H3. The van der Waals surface area contributed by atoms with Crippen LogP contribution in [0.4, 0.5) is 0 Å². The monoisotopic (exact) mass is 210 g/mol. The first-order chi connectivity index (χ1) is 7.06. The maximum absolute atomic E-state index is 4.17. The molecule has 0 saturated heterocycles. The van der Waals surface area contributed by atoms with Gasteiger partial charge in [-0.05, 0) is 37.5 Å². The molecule has 0 rings (SSSR count). The van der Waals surface area contributed by atoms with Crippen molar-refractivity contribution in [2.24, 2.45) is 11.8 Å². The Kier molecular flexibility index (Phi) is 8.85. The molecular formula is C15H30. The molecule has 0 aliphatic carbocycles. The quantitative estimate of drug-likeness (QED) is 0.435. The first-order valence-electron chi connectivity index (χ1n) is 6.72. The molecule has 0 amide bonds. The van der Waals surface area contributed by atoms with Gasteiger partial charge < -0.3 is 0 Å². The summed E-state index contributed by atoms with van der Waals surface area (Å²) in [7, 11) is 0. The van der Waals surface area contributed by atoms with Crippen LogP contribution < -0.4 is 0 Å². The molecule has 15 heavy (non-hydrogen) atoms. The lowest BCUT2D eigenvalue weighted by Gasteiger charge is -2.11. The van der Waals surface area contributed by atoms with Gasteiger partial charge in [-0.3, -0.25) is 0 Å². The van der Waals surface area contributed by atoms with Crippen LogP contribution >= 0.6 is 0 Å². The third-order valence-corrected chi connectivity index (χ3v) is 3.08. The van der Waals surface area contributed by atoms with Crippen molar-refractivity contribution in [3.63, 3.8) is 0 Å². The molecule has 0 aromatic rings. The Bertz CT molecular complexity index is 155. The molecule has 0 saturated carbocycles. The van der Waals surface area contributed by atoms with E-state index in [9.17, 15) is 0 Å². The molecule has 0 radical (unpaired) electrons. The third kappa shape index (κ3) is 10.0. The van der Waals surface area contributed by atoms with Crippen molar-refractivity contribution in [3.05, 3.63) is 12.2 Å². The Morgan fingerprint density at radius 2 is 1.67 bits per heavy atom. The highest BCUT2D eigenvalue weighted by atomic mass is 14.1. The molecule has 90 valence electrons. The predicted octanol–water partition coefficient (Wildman–Crippen LogP) is 5.59. The van der Waals surface area contributed by atoms with E-state index in [1.165, 1.54) is 50.5 Å². The van der Waals surface area contributed by atoms with Crippen LogP contribution in [0, 0.1) is 11.8 Å². The molecule has 0 aromatic heterocycles. The summed E-state index contributed by atoms with van der Waals surface area (Å²) in [5.74, 6) is 1.73. The van der Waals surface area contributed by atoms with E-state index in [1.54, 1.807) is 0 Å². The Balaban J connectivity index is 3.38. The van der Waals surface area contributed by atoms with Gasteiger partial charge in [-0.2, -0.15) is 0 Å². The fraction of sp³-hybridized carbons (Fsp3) is 0.867. The lowest BCUT2D eigenvalue weighted by Crippen LogP contribution is -1.95. The highest BCUT2D eigenvalue weighted by Crippen LogP contribution is 2.19. The van der Waals surface area contributed by atoms with Crippen molar-refractivity contribution in [3.8, 4) is 0 Å². The normalized spacial score (nSPS) is 13.1. The van der Waals surface area contributed by atoms with E-state index < -0.39 is 0 Å². The van der Waals surface area contributed by atoms with Crippen molar-refractivity contribution in [1.29, 1.82) is 0 Å². The molecule has 0 aliphatic rings. The van der Waals surface area contributed by atoms with E-state index in [1.807, 2.05) is 0 Å². The van der Waals surface area contributed by atoms with E-state index in [0.29, 0.717) is 0 Å². The van der Waals surface area contributed by atoms with Gasteiger partial charge in [-0.25, -0.2) is 0 Å². The average Bonchev–Trinajstić information content (AvgIpc) is 2.15. The van der Waals surface area contributed by atoms with Gasteiger partial charge in [0.05, 0.1) is 0 Å². The van der Waals surface area contributed by atoms with Crippen LogP contribution in [0.1, 0.15) is 72.6 Å². The summed E-state index contributed by atoms with van der Waals surface area (Å²) < 4.78 is 0. The first kappa shape index (κ1) is 14.7. The lowest BCUT2D eigenvalue weighted by atomic mass is 9.95. The van der Waals surface area contributed by atoms with E-state index in [0.717, 1.165) is 11.8 Å². The van der Waals surface area contributed by atoms with Crippen molar-refractivity contribution in [1.82, 2.24) is 0 Å². The Labute approximate surface area is 97.2 Å². The number of hydrogen-bond acceptors (Lipinski definition) is 0.